The number of aliphatic hydroxyl groups is 1. The first kappa shape index (κ1) is 14.5. The molecule has 0 aliphatic heterocycles. The number of hydrogen-bond acceptors (Lipinski definition) is 3. The Balaban J connectivity index is 1.99. The van der Waals surface area contributed by atoms with Gasteiger partial charge in [0.25, 0.3) is 5.91 Å². The van der Waals surface area contributed by atoms with Crippen molar-refractivity contribution in [3.63, 3.8) is 0 Å². The van der Waals surface area contributed by atoms with E-state index in [1.165, 1.54) is 32.1 Å². The molecule has 1 aromatic heterocycles. The van der Waals surface area contributed by atoms with Crippen LogP contribution in [0.5, 0.6) is 0 Å². The number of aliphatic hydroxyl groups excluding tert-OH is 1. The van der Waals surface area contributed by atoms with E-state index >= 15 is 0 Å². The minimum atomic E-state index is 0.0165. The van der Waals surface area contributed by atoms with Crippen molar-refractivity contribution < 1.29 is 9.90 Å². The van der Waals surface area contributed by atoms with Gasteiger partial charge in [-0.05, 0) is 43.0 Å². The molecular weight excluding hydrogens is 258 g/mol. The lowest BCUT2D eigenvalue weighted by Gasteiger charge is -2.30. The number of thiophene rings is 1. The van der Waals surface area contributed by atoms with Gasteiger partial charge in [0.15, 0.2) is 0 Å². The quantitative estimate of drug-likeness (QED) is 0.871. The zero-order valence-corrected chi connectivity index (χ0v) is 12.3. The molecule has 4 heteroatoms. The van der Waals surface area contributed by atoms with Crippen LogP contribution in [0.4, 0.5) is 0 Å². The molecule has 1 aliphatic rings. The summed E-state index contributed by atoms with van der Waals surface area (Å²) in [7, 11) is 0. The van der Waals surface area contributed by atoms with Crippen LogP contribution >= 0.6 is 11.3 Å². The summed E-state index contributed by atoms with van der Waals surface area (Å²) >= 11 is 1.56. The van der Waals surface area contributed by atoms with E-state index in [1.54, 1.807) is 11.3 Å². The first-order valence-electron chi connectivity index (χ1n) is 7.17. The van der Waals surface area contributed by atoms with Crippen molar-refractivity contribution in [3.8, 4) is 0 Å². The highest BCUT2D eigenvalue weighted by Gasteiger charge is 2.25. The second-order valence-electron chi connectivity index (χ2n) is 5.46. The Morgan fingerprint density at radius 3 is 2.74 bits per heavy atom. The molecule has 0 aromatic carbocycles. The van der Waals surface area contributed by atoms with E-state index in [1.807, 2.05) is 17.7 Å². The van der Waals surface area contributed by atoms with Crippen molar-refractivity contribution in [2.75, 3.05) is 6.61 Å². The highest BCUT2D eigenvalue weighted by Crippen LogP contribution is 2.28. The third-order valence-corrected chi connectivity index (χ3v) is 4.94. The largest absolute Gasteiger partial charge is 0.396 e. The third kappa shape index (κ3) is 3.80. The summed E-state index contributed by atoms with van der Waals surface area (Å²) < 4.78 is 0. The number of rotatable bonds is 5. The Morgan fingerprint density at radius 2 is 2.16 bits per heavy atom. The molecule has 19 heavy (non-hydrogen) atoms. The Labute approximate surface area is 119 Å². The number of carbonyl (C=O) groups is 1. The average molecular weight is 281 g/mol. The smallest absolute Gasteiger partial charge is 0.252 e. The zero-order valence-electron chi connectivity index (χ0n) is 11.5. The van der Waals surface area contributed by atoms with Gasteiger partial charge in [0.1, 0.15) is 0 Å². The van der Waals surface area contributed by atoms with Crippen LogP contribution in [0.2, 0.25) is 0 Å². The Hall–Kier alpha value is -0.870. The van der Waals surface area contributed by atoms with Crippen molar-refractivity contribution in [2.45, 2.75) is 51.5 Å². The summed E-state index contributed by atoms with van der Waals surface area (Å²) in [5.41, 5.74) is 1.82. The molecule has 106 valence electrons. The second-order valence-corrected chi connectivity index (χ2v) is 6.20. The van der Waals surface area contributed by atoms with Gasteiger partial charge in [-0.2, -0.15) is 11.3 Å². The molecule has 1 saturated carbocycles. The molecule has 0 saturated heterocycles. The van der Waals surface area contributed by atoms with Crippen molar-refractivity contribution >= 4 is 17.2 Å². The third-order valence-electron chi connectivity index (χ3n) is 4.08. The van der Waals surface area contributed by atoms with Crippen molar-refractivity contribution in [1.29, 1.82) is 0 Å². The van der Waals surface area contributed by atoms with Gasteiger partial charge < -0.3 is 10.4 Å². The molecule has 1 aliphatic carbocycles. The van der Waals surface area contributed by atoms with Gasteiger partial charge in [-0.25, -0.2) is 0 Å². The van der Waals surface area contributed by atoms with E-state index in [9.17, 15) is 9.90 Å². The van der Waals surface area contributed by atoms with Gasteiger partial charge in [-0.1, -0.05) is 19.3 Å². The summed E-state index contributed by atoms with van der Waals surface area (Å²) in [6, 6.07) is 0.122. The van der Waals surface area contributed by atoms with Crippen LogP contribution in [0.3, 0.4) is 0 Å². The van der Waals surface area contributed by atoms with E-state index < -0.39 is 0 Å². The summed E-state index contributed by atoms with van der Waals surface area (Å²) in [4.78, 5) is 12.3. The maximum atomic E-state index is 12.3. The van der Waals surface area contributed by atoms with Crippen LogP contribution in [0.15, 0.2) is 10.8 Å². The van der Waals surface area contributed by atoms with Gasteiger partial charge in [0.2, 0.25) is 0 Å². The average Bonchev–Trinajstić information content (AvgIpc) is 2.85. The Kier molecular flexibility index (Phi) is 5.40. The lowest BCUT2D eigenvalue weighted by Crippen LogP contribution is -2.41. The molecule has 0 bridgehead atoms. The molecule has 0 spiro atoms. The van der Waals surface area contributed by atoms with E-state index in [4.69, 9.17) is 0 Å². The summed E-state index contributed by atoms with van der Waals surface area (Å²) in [6.07, 6.45) is 6.82. The van der Waals surface area contributed by atoms with Crippen LogP contribution in [-0.4, -0.2) is 23.7 Å². The van der Waals surface area contributed by atoms with Crippen LogP contribution in [0, 0.1) is 12.8 Å². The van der Waals surface area contributed by atoms with Gasteiger partial charge >= 0.3 is 0 Å². The molecule has 1 fully saturated rings. The number of nitrogens with one attached hydrogen (secondary N) is 1. The maximum absolute atomic E-state index is 12.3. The minimum absolute atomic E-state index is 0.0165. The van der Waals surface area contributed by atoms with Gasteiger partial charge in [0, 0.05) is 18.0 Å². The molecular formula is C15H23NO2S. The first-order chi connectivity index (χ1) is 9.22. The zero-order chi connectivity index (χ0) is 13.7. The van der Waals surface area contributed by atoms with E-state index in [0.717, 1.165) is 11.1 Å². The molecule has 1 atom stereocenters. The summed E-state index contributed by atoms with van der Waals surface area (Å²) in [5.74, 6) is 0.548. The number of carbonyl (C=O) groups excluding carboxylic acids is 1. The van der Waals surface area contributed by atoms with Crippen molar-refractivity contribution in [2.24, 2.45) is 5.92 Å². The lowest BCUT2D eigenvalue weighted by atomic mass is 9.82. The fraction of sp³-hybridized carbons (Fsp3) is 0.667. The van der Waals surface area contributed by atoms with Crippen LogP contribution in [-0.2, 0) is 0 Å². The lowest BCUT2D eigenvalue weighted by molar-refractivity contribution is 0.0899. The highest BCUT2D eigenvalue weighted by atomic mass is 32.1. The number of hydrogen-bond donors (Lipinski definition) is 2. The number of amides is 1. The SMILES string of the molecule is Cc1cscc1C(=O)NC(CCO)C1CCCCC1. The molecule has 0 radical (unpaired) electrons. The highest BCUT2D eigenvalue weighted by molar-refractivity contribution is 7.08. The Bertz CT molecular complexity index is 410. The predicted molar refractivity (Wildman–Crippen MR) is 78.6 cm³/mol. The fourth-order valence-electron chi connectivity index (χ4n) is 2.94. The van der Waals surface area contributed by atoms with Crippen LogP contribution in [0.25, 0.3) is 0 Å². The summed E-state index contributed by atoms with van der Waals surface area (Å²) in [5, 5.41) is 16.3. The molecule has 1 heterocycles. The van der Waals surface area contributed by atoms with Crippen LogP contribution in [0.1, 0.15) is 54.4 Å². The second kappa shape index (κ2) is 7.06. The van der Waals surface area contributed by atoms with E-state index in [-0.39, 0.29) is 18.6 Å². The van der Waals surface area contributed by atoms with Crippen molar-refractivity contribution in [3.05, 3.63) is 21.9 Å². The topological polar surface area (TPSA) is 49.3 Å². The normalized spacial score (nSPS) is 18.2. The molecule has 1 unspecified atom stereocenters. The standard InChI is InChI=1S/C15H23NO2S/c1-11-9-19-10-13(11)15(18)16-14(7-8-17)12-5-3-2-4-6-12/h9-10,12,14,17H,2-8H2,1H3,(H,16,18). The van der Waals surface area contributed by atoms with E-state index in [0.29, 0.717) is 12.3 Å². The van der Waals surface area contributed by atoms with Crippen LogP contribution < -0.4 is 5.32 Å². The van der Waals surface area contributed by atoms with Gasteiger partial charge in [-0.3, -0.25) is 4.79 Å². The Morgan fingerprint density at radius 1 is 1.42 bits per heavy atom. The van der Waals surface area contributed by atoms with E-state index in [2.05, 4.69) is 5.32 Å². The minimum Gasteiger partial charge on any atom is -0.396 e. The van der Waals surface area contributed by atoms with Crippen molar-refractivity contribution in [1.82, 2.24) is 5.32 Å². The summed E-state index contributed by atoms with van der Waals surface area (Å²) in [6.45, 7) is 2.11. The number of aryl methyl sites for hydroxylation is 1. The molecule has 2 N–H and O–H groups in total. The molecule has 3 nitrogen and oxygen atoms in total. The molecule has 2 rings (SSSR count). The fourth-order valence-corrected chi connectivity index (χ4v) is 3.77. The van der Waals surface area contributed by atoms with Gasteiger partial charge in [-0.15, -0.1) is 0 Å². The molecule has 1 aromatic rings. The first-order valence-corrected chi connectivity index (χ1v) is 8.11. The maximum Gasteiger partial charge on any atom is 0.252 e. The predicted octanol–water partition coefficient (Wildman–Crippen LogP) is 3.12. The monoisotopic (exact) mass is 281 g/mol. The van der Waals surface area contributed by atoms with Gasteiger partial charge in [0.05, 0.1) is 5.56 Å². The molecule has 1 amide bonds.